The largest absolute Gasteiger partial charge is 0.496 e. The van der Waals surface area contributed by atoms with E-state index >= 15 is 0 Å². The van der Waals surface area contributed by atoms with Gasteiger partial charge in [0, 0.05) is 27.4 Å². The van der Waals surface area contributed by atoms with Crippen molar-refractivity contribution in [3.05, 3.63) is 53.6 Å². The Bertz CT molecular complexity index is 840. The minimum atomic E-state index is 0.674. The summed E-state index contributed by atoms with van der Waals surface area (Å²) < 4.78 is 11.4. The van der Waals surface area contributed by atoms with E-state index in [2.05, 4.69) is 6.07 Å². The van der Waals surface area contributed by atoms with E-state index in [0.29, 0.717) is 5.02 Å². The van der Waals surface area contributed by atoms with Gasteiger partial charge in [0.1, 0.15) is 17.2 Å². The highest BCUT2D eigenvalue weighted by molar-refractivity contribution is 6.31. The SMILES string of the molecule is COc1ccc2c3c(cccc13)Oc1cc(Cl)ccc1-2. The summed E-state index contributed by atoms with van der Waals surface area (Å²) in [5.41, 5.74) is 2.20. The van der Waals surface area contributed by atoms with Gasteiger partial charge in [-0.2, -0.15) is 0 Å². The van der Waals surface area contributed by atoms with Gasteiger partial charge in [-0.05, 0) is 35.9 Å². The van der Waals surface area contributed by atoms with Crippen LogP contribution in [-0.4, -0.2) is 7.11 Å². The zero-order chi connectivity index (χ0) is 13.7. The predicted molar refractivity (Wildman–Crippen MR) is 81.0 cm³/mol. The van der Waals surface area contributed by atoms with Gasteiger partial charge in [-0.3, -0.25) is 0 Å². The fourth-order valence-electron chi connectivity index (χ4n) is 2.76. The second kappa shape index (κ2) is 4.15. The fraction of sp³-hybridized carbons (Fsp3) is 0.0588. The minimum Gasteiger partial charge on any atom is -0.496 e. The molecule has 1 aliphatic rings. The molecule has 0 atom stereocenters. The molecule has 0 aliphatic carbocycles. The summed E-state index contributed by atoms with van der Waals surface area (Å²) in [5.74, 6) is 2.49. The van der Waals surface area contributed by atoms with E-state index < -0.39 is 0 Å². The van der Waals surface area contributed by atoms with Crippen molar-refractivity contribution in [2.45, 2.75) is 0 Å². The summed E-state index contributed by atoms with van der Waals surface area (Å²) in [5, 5.41) is 2.82. The number of ether oxygens (including phenoxy) is 2. The Morgan fingerprint density at radius 1 is 0.950 bits per heavy atom. The molecule has 3 aromatic carbocycles. The molecule has 1 aliphatic heterocycles. The van der Waals surface area contributed by atoms with Crippen LogP contribution in [0.25, 0.3) is 21.9 Å². The number of benzene rings is 3. The molecule has 0 aromatic heterocycles. The van der Waals surface area contributed by atoms with Gasteiger partial charge in [0.2, 0.25) is 0 Å². The van der Waals surface area contributed by atoms with E-state index in [9.17, 15) is 0 Å². The Labute approximate surface area is 121 Å². The van der Waals surface area contributed by atoms with Crippen LogP contribution in [-0.2, 0) is 0 Å². The Morgan fingerprint density at radius 3 is 2.65 bits per heavy atom. The third-order valence-electron chi connectivity index (χ3n) is 3.64. The van der Waals surface area contributed by atoms with Crippen LogP contribution in [0.15, 0.2) is 48.5 Å². The van der Waals surface area contributed by atoms with E-state index in [4.69, 9.17) is 21.1 Å². The smallest absolute Gasteiger partial charge is 0.136 e. The molecule has 1 heterocycles. The van der Waals surface area contributed by atoms with Crippen molar-refractivity contribution >= 4 is 22.4 Å². The topological polar surface area (TPSA) is 18.5 Å². The summed E-state index contributed by atoms with van der Waals surface area (Å²) in [7, 11) is 1.68. The van der Waals surface area contributed by atoms with Gasteiger partial charge < -0.3 is 9.47 Å². The predicted octanol–water partition coefficient (Wildman–Crippen LogP) is 5.27. The van der Waals surface area contributed by atoms with E-state index in [1.807, 2.05) is 42.5 Å². The molecule has 2 nitrogen and oxygen atoms in total. The molecule has 98 valence electrons. The van der Waals surface area contributed by atoms with Gasteiger partial charge >= 0.3 is 0 Å². The van der Waals surface area contributed by atoms with Gasteiger partial charge in [-0.15, -0.1) is 0 Å². The average molecular weight is 283 g/mol. The number of fused-ring (bicyclic) bond motifs is 2. The number of rotatable bonds is 1. The molecule has 0 spiro atoms. The molecule has 0 amide bonds. The Morgan fingerprint density at radius 2 is 1.80 bits per heavy atom. The number of methoxy groups -OCH3 is 1. The lowest BCUT2D eigenvalue weighted by atomic mass is 9.94. The molecule has 0 fully saturated rings. The first-order valence-corrected chi connectivity index (χ1v) is 6.73. The van der Waals surface area contributed by atoms with Gasteiger partial charge in [0.05, 0.1) is 7.11 Å². The second-order valence-electron chi connectivity index (χ2n) is 4.74. The Balaban J connectivity index is 2.13. The van der Waals surface area contributed by atoms with Crippen LogP contribution in [0.4, 0.5) is 0 Å². The highest BCUT2D eigenvalue weighted by atomic mass is 35.5. The monoisotopic (exact) mass is 282 g/mol. The van der Waals surface area contributed by atoms with Crippen LogP contribution in [0.5, 0.6) is 17.2 Å². The minimum absolute atomic E-state index is 0.674. The zero-order valence-corrected chi connectivity index (χ0v) is 11.6. The van der Waals surface area contributed by atoms with E-state index in [-0.39, 0.29) is 0 Å². The summed E-state index contributed by atoms with van der Waals surface area (Å²) in [6, 6.07) is 15.8. The van der Waals surface area contributed by atoms with Crippen molar-refractivity contribution in [3.8, 4) is 28.4 Å². The van der Waals surface area contributed by atoms with Crippen LogP contribution in [0, 0.1) is 0 Å². The van der Waals surface area contributed by atoms with E-state index in [0.717, 1.165) is 39.1 Å². The van der Waals surface area contributed by atoms with Crippen molar-refractivity contribution in [1.82, 2.24) is 0 Å². The van der Waals surface area contributed by atoms with Crippen LogP contribution >= 0.6 is 11.6 Å². The first kappa shape index (κ1) is 11.6. The van der Waals surface area contributed by atoms with Crippen molar-refractivity contribution in [3.63, 3.8) is 0 Å². The van der Waals surface area contributed by atoms with Crippen LogP contribution in [0.2, 0.25) is 5.02 Å². The lowest BCUT2D eigenvalue weighted by molar-refractivity contribution is 0.419. The normalized spacial score (nSPS) is 11.9. The Kier molecular flexibility index (Phi) is 2.41. The summed E-state index contributed by atoms with van der Waals surface area (Å²) in [4.78, 5) is 0. The van der Waals surface area contributed by atoms with Crippen LogP contribution < -0.4 is 9.47 Å². The zero-order valence-electron chi connectivity index (χ0n) is 10.8. The first-order valence-electron chi connectivity index (χ1n) is 6.35. The summed E-state index contributed by atoms with van der Waals surface area (Å²) >= 11 is 6.05. The van der Waals surface area contributed by atoms with E-state index in [1.165, 1.54) is 0 Å². The summed E-state index contributed by atoms with van der Waals surface area (Å²) in [6.07, 6.45) is 0. The molecule has 0 bridgehead atoms. The highest BCUT2D eigenvalue weighted by Crippen LogP contribution is 2.48. The van der Waals surface area contributed by atoms with Gasteiger partial charge in [0.15, 0.2) is 0 Å². The molecule has 0 radical (unpaired) electrons. The standard InChI is InChI=1S/C17H11ClO2/c1-19-14-8-7-12-11-6-5-10(18)9-16(11)20-15-4-2-3-13(14)17(12)15/h2-9H,1H3. The molecular weight excluding hydrogens is 272 g/mol. The van der Waals surface area contributed by atoms with Gasteiger partial charge in [-0.25, -0.2) is 0 Å². The molecule has 3 aromatic rings. The molecular formula is C17H11ClO2. The van der Waals surface area contributed by atoms with Crippen molar-refractivity contribution in [2.24, 2.45) is 0 Å². The maximum Gasteiger partial charge on any atom is 0.136 e. The Hall–Kier alpha value is -2.19. The maximum absolute atomic E-state index is 6.05. The van der Waals surface area contributed by atoms with Crippen molar-refractivity contribution in [1.29, 1.82) is 0 Å². The van der Waals surface area contributed by atoms with Crippen LogP contribution in [0.1, 0.15) is 0 Å². The van der Waals surface area contributed by atoms with Gasteiger partial charge in [-0.1, -0.05) is 23.7 Å². The molecule has 0 unspecified atom stereocenters. The van der Waals surface area contributed by atoms with Crippen molar-refractivity contribution < 1.29 is 9.47 Å². The average Bonchev–Trinajstić information content (AvgIpc) is 2.47. The van der Waals surface area contributed by atoms with E-state index in [1.54, 1.807) is 7.11 Å². The number of hydrogen-bond acceptors (Lipinski definition) is 2. The number of hydrogen-bond donors (Lipinski definition) is 0. The number of halogens is 1. The second-order valence-corrected chi connectivity index (χ2v) is 5.17. The first-order chi connectivity index (χ1) is 9.78. The lowest BCUT2D eigenvalue weighted by Gasteiger charge is -2.22. The fourth-order valence-corrected chi connectivity index (χ4v) is 2.92. The maximum atomic E-state index is 6.05. The van der Waals surface area contributed by atoms with Crippen LogP contribution in [0.3, 0.4) is 0 Å². The third kappa shape index (κ3) is 1.52. The summed E-state index contributed by atoms with van der Waals surface area (Å²) in [6.45, 7) is 0. The quantitative estimate of drug-likeness (QED) is 0.473. The molecule has 3 heteroatoms. The van der Waals surface area contributed by atoms with Gasteiger partial charge in [0.25, 0.3) is 0 Å². The molecule has 20 heavy (non-hydrogen) atoms. The molecule has 0 saturated carbocycles. The third-order valence-corrected chi connectivity index (χ3v) is 3.87. The van der Waals surface area contributed by atoms with Crippen molar-refractivity contribution in [2.75, 3.05) is 7.11 Å². The molecule has 0 N–H and O–H groups in total. The lowest BCUT2D eigenvalue weighted by Crippen LogP contribution is -1.98. The highest BCUT2D eigenvalue weighted by Gasteiger charge is 2.21. The molecule has 0 saturated heterocycles. The molecule has 4 rings (SSSR count).